The van der Waals surface area contributed by atoms with Crippen molar-refractivity contribution in [2.24, 2.45) is 5.92 Å². The Hall–Kier alpha value is -0.000000000000000111. The summed E-state index contributed by atoms with van der Waals surface area (Å²) in [7, 11) is -3.70. The summed E-state index contributed by atoms with van der Waals surface area (Å²) in [5.41, 5.74) is -0.582. The lowest BCUT2D eigenvalue weighted by molar-refractivity contribution is 0.247. The largest absolute Gasteiger partial charge is 0.241 e. The van der Waals surface area contributed by atoms with Gasteiger partial charge in [-0.15, -0.1) is 11.6 Å². The standard InChI is InChI=1S/C14H18Cl3NO2S/c1-10-2-4-14(9-15,5-3-10)18-21(19,20)13-7-11(16)6-12(17)8-13/h6-8,10,18H,2-5,9H2,1H3. The Morgan fingerprint density at radius 3 is 2.19 bits per heavy atom. The van der Waals surface area contributed by atoms with E-state index in [4.69, 9.17) is 34.8 Å². The minimum absolute atomic E-state index is 0.0723. The third-order valence-corrected chi connectivity index (χ3v) is 6.49. The maximum Gasteiger partial charge on any atom is 0.241 e. The van der Waals surface area contributed by atoms with Gasteiger partial charge in [0.2, 0.25) is 10.0 Å². The van der Waals surface area contributed by atoms with Crippen LogP contribution in [0.2, 0.25) is 10.0 Å². The molecule has 0 saturated heterocycles. The first-order valence-electron chi connectivity index (χ1n) is 6.82. The Morgan fingerprint density at radius 1 is 1.19 bits per heavy atom. The van der Waals surface area contributed by atoms with Crippen molar-refractivity contribution in [3.8, 4) is 0 Å². The van der Waals surface area contributed by atoms with E-state index in [0.717, 1.165) is 25.7 Å². The first-order chi connectivity index (χ1) is 9.76. The molecule has 0 amide bonds. The van der Waals surface area contributed by atoms with Gasteiger partial charge < -0.3 is 0 Å². The molecule has 1 saturated carbocycles. The van der Waals surface area contributed by atoms with Crippen molar-refractivity contribution >= 4 is 44.8 Å². The summed E-state index contributed by atoms with van der Waals surface area (Å²) < 4.78 is 27.9. The van der Waals surface area contributed by atoms with E-state index >= 15 is 0 Å². The SMILES string of the molecule is CC1CCC(CCl)(NS(=O)(=O)c2cc(Cl)cc(Cl)c2)CC1. The Kier molecular flexibility index (Phi) is 5.48. The smallest absolute Gasteiger partial charge is 0.207 e. The van der Waals surface area contributed by atoms with E-state index in [1.165, 1.54) is 18.2 Å². The van der Waals surface area contributed by atoms with E-state index in [9.17, 15) is 8.42 Å². The summed E-state index contributed by atoms with van der Waals surface area (Å²) in [5, 5.41) is 0.583. The van der Waals surface area contributed by atoms with Crippen LogP contribution in [0.4, 0.5) is 0 Å². The predicted octanol–water partition coefficient (Wildman–Crippen LogP) is 4.46. The van der Waals surface area contributed by atoms with Gasteiger partial charge in [-0.25, -0.2) is 13.1 Å². The fourth-order valence-corrected chi connectivity index (χ4v) is 5.20. The molecule has 2 rings (SSSR count). The van der Waals surface area contributed by atoms with Gasteiger partial charge >= 0.3 is 0 Å². The van der Waals surface area contributed by atoms with E-state index in [1.54, 1.807) is 0 Å². The summed E-state index contributed by atoms with van der Waals surface area (Å²) in [6, 6.07) is 4.29. The second-order valence-electron chi connectivity index (χ2n) is 5.81. The molecule has 0 spiro atoms. The molecule has 1 aromatic carbocycles. The summed E-state index contributed by atoms with van der Waals surface area (Å²) in [6.07, 6.45) is 3.41. The van der Waals surface area contributed by atoms with Crippen molar-refractivity contribution < 1.29 is 8.42 Å². The summed E-state index contributed by atoms with van der Waals surface area (Å²) in [6.45, 7) is 2.17. The number of halogens is 3. The van der Waals surface area contributed by atoms with Gasteiger partial charge in [0.05, 0.1) is 4.90 Å². The van der Waals surface area contributed by atoms with E-state index < -0.39 is 15.6 Å². The molecule has 1 fully saturated rings. The van der Waals surface area contributed by atoms with Crippen LogP contribution in [0.5, 0.6) is 0 Å². The van der Waals surface area contributed by atoms with Crippen molar-refractivity contribution in [3.63, 3.8) is 0 Å². The third kappa shape index (κ3) is 4.26. The molecule has 118 valence electrons. The van der Waals surface area contributed by atoms with Gasteiger partial charge in [0, 0.05) is 21.5 Å². The minimum atomic E-state index is -3.70. The van der Waals surface area contributed by atoms with E-state index in [0.29, 0.717) is 16.0 Å². The van der Waals surface area contributed by atoms with Gasteiger partial charge in [0.15, 0.2) is 0 Å². The third-order valence-electron chi connectivity index (χ3n) is 3.98. The normalized spacial score (nSPS) is 26.8. The van der Waals surface area contributed by atoms with Gasteiger partial charge in [-0.2, -0.15) is 0 Å². The molecule has 21 heavy (non-hydrogen) atoms. The fraction of sp³-hybridized carbons (Fsp3) is 0.571. The quantitative estimate of drug-likeness (QED) is 0.795. The molecule has 0 radical (unpaired) electrons. The average molecular weight is 371 g/mol. The van der Waals surface area contributed by atoms with Gasteiger partial charge in [-0.1, -0.05) is 30.1 Å². The van der Waals surface area contributed by atoms with Crippen molar-refractivity contribution in [1.82, 2.24) is 4.72 Å². The predicted molar refractivity (Wildman–Crippen MR) is 87.9 cm³/mol. The van der Waals surface area contributed by atoms with Crippen molar-refractivity contribution in [1.29, 1.82) is 0 Å². The molecular weight excluding hydrogens is 353 g/mol. The number of rotatable bonds is 4. The molecular formula is C14H18Cl3NO2S. The first-order valence-corrected chi connectivity index (χ1v) is 9.60. The number of hydrogen-bond acceptors (Lipinski definition) is 2. The lowest BCUT2D eigenvalue weighted by Gasteiger charge is -2.38. The zero-order chi connectivity index (χ0) is 15.7. The molecule has 0 aliphatic heterocycles. The molecule has 1 aliphatic rings. The number of benzene rings is 1. The molecule has 1 N–H and O–H groups in total. The number of sulfonamides is 1. The molecule has 0 aromatic heterocycles. The fourth-order valence-electron chi connectivity index (χ4n) is 2.61. The van der Waals surface area contributed by atoms with Crippen LogP contribution < -0.4 is 4.72 Å². The van der Waals surface area contributed by atoms with Crippen molar-refractivity contribution in [3.05, 3.63) is 28.2 Å². The van der Waals surface area contributed by atoms with E-state index in [2.05, 4.69) is 11.6 Å². The molecule has 0 heterocycles. The highest BCUT2D eigenvalue weighted by molar-refractivity contribution is 7.89. The first kappa shape index (κ1) is 17.4. The van der Waals surface area contributed by atoms with Crippen LogP contribution in [0, 0.1) is 5.92 Å². The Balaban J connectivity index is 2.27. The second-order valence-corrected chi connectivity index (χ2v) is 8.63. The molecule has 1 aliphatic carbocycles. The highest BCUT2D eigenvalue weighted by Crippen LogP contribution is 2.34. The molecule has 0 bridgehead atoms. The summed E-state index contributed by atoms with van der Waals surface area (Å²) in [5.74, 6) is 0.860. The van der Waals surface area contributed by atoms with Crippen LogP contribution in [0.15, 0.2) is 23.1 Å². The topological polar surface area (TPSA) is 46.2 Å². The minimum Gasteiger partial charge on any atom is -0.207 e. The monoisotopic (exact) mass is 369 g/mol. The molecule has 0 atom stereocenters. The van der Waals surface area contributed by atoms with Crippen molar-refractivity contribution in [2.45, 2.75) is 43.0 Å². The number of alkyl halides is 1. The lowest BCUT2D eigenvalue weighted by Crippen LogP contribution is -2.51. The van der Waals surface area contributed by atoms with Crippen LogP contribution in [0.3, 0.4) is 0 Å². The van der Waals surface area contributed by atoms with Crippen LogP contribution in [0.1, 0.15) is 32.6 Å². The zero-order valence-corrected chi connectivity index (χ0v) is 14.8. The maximum absolute atomic E-state index is 12.6. The van der Waals surface area contributed by atoms with Gasteiger partial charge in [0.25, 0.3) is 0 Å². The number of nitrogens with one attached hydrogen (secondary N) is 1. The lowest BCUT2D eigenvalue weighted by atomic mass is 9.79. The Labute approximate surface area is 141 Å². The molecule has 0 unspecified atom stereocenters. The summed E-state index contributed by atoms with van der Waals surface area (Å²) >= 11 is 17.8. The average Bonchev–Trinajstić information content (AvgIpc) is 2.40. The van der Waals surface area contributed by atoms with Crippen LogP contribution in [-0.4, -0.2) is 19.8 Å². The van der Waals surface area contributed by atoms with Crippen LogP contribution >= 0.6 is 34.8 Å². The van der Waals surface area contributed by atoms with Gasteiger partial charge in [-0.05, 0) is 49.8 Å². The highest BCUT2D eigenvalue weighted by atomic mass is 35.5. The van der Waals surface area contributed by atoms with E-state index in [-0.39, 0.29) is 10.8 Å². The number of hydrogen-bond donors (Lipinski definition) is 1. The van der Waals surface area contributed by atoms with E-state index in [1.807, 2.05) is 0 Å². The van der Waals surface area contributed by atoms with Crippen molar-refractivity contribution in [2.75, 3.05) is 5.88 Å². The Morgan fingerprint density at radius 2 is 1.71 bits per heavy atom. The highest BCUT2D eigenvalue weighted by Gasteiger charge is 2.37. The maximum atomic E-state index is 12.6. The zero-order valence-electron chi connectivity index (χ0n) is 11.7. The summed E-state index contributed by atoms with van der Waals surface area (Å²) in [4.78, 5) is 0.0723. The molecule has 3 nitrogen and oxygen atoms in total. The van der Waals surface area contributed by atoms with Crippen LogP contribution in [0.25, 0.3) is 0 Å². The molecule has 1 aromatic rings. The Bertz CT molecular complexity index is 590. The van der Waals surface area contributed by atoms with Gasteiger partial charge in [-0.3, -0.25) is 0 Å². The van der Waals surface area contributed by atoms with Crippen LogP contribution in [-0.2, 0) is 10.0 Å². The molecule has 7 heteroatoms. The second kappa shape index (κ2) is 6.63. The van der Waals surface area contributed by atoms with Gasteiger partial charge in [0.1, 0.15) is 0 Å².